The van der Waals surface area contributed by atoms with Gasteiger partial charge in [0, 0.05) is 16.6 Å². The lowest BCUT2D eigenvalue weighted by atomic mass is 9.99. The Morgan fingerprint density at radius 1 is 1.25 bits per heavy atom. The Bertz CT molecular complexity index is 588. The van der Waals surface area contributed by atoms with Crippen LogP contribution in [-0.2, 0) is 6.42 Å². The van der Waals surface area contributed by atoms with E-state index in [0.29, 0.717) is 18.1 Å². The molecule has 0 fully saturated rings. The Labute approximate surface area is 123 Å². The molecule has 2 nitrogen and oxygen atoms in total. The van der Waals surface area contributed by atoms with Crippen molar-refractivity contribution in [2.24, 2.45) is 5.73 Å². The van der Waals surface area contributed by atoms with Gasteiger partial charge in [0.15, 0.2) is 0 Å². The molecule has 0 amide bonds. The van der Waals surface area contributed by atoms with E-state index in [1.165, 1.54) is 12.1 Å². The Morgan fingerprint density at radius 2 is 2.00 bits per heavy atom. The third-order valence-electron chi connectivity index (χ3n) is 3.07. The molecule has 0 bridgehead atoms. The van der Waals surface area contributed by atoms with Crippen LogP contribution >= 0.6 is 11.6 Å². The van der Waals surface area contributed by atoms with Crippen molar-refractivity contribution < 1.29 is 9.13 Å². The fourth-order valence-corrected chi connectivity index (χ4v) is 2.35. The molecule has 2 aromatic carbocycles. The second kappa shape index (κ2) is 6.73. The zero-order valence-electron chi connectivity index (χ0n) is 11.3. The molecule has 0 saturated heterocycles. The SMILES string of the molecule is CCOc1ccccc1C(N)Cc1ccc(F)cc1Cl. The molecule has 0 aromatic heterocycles. The van der Waals surface area contributed by atoms with Crippen LogP contribution in [0, 0.1) is 5.82 Å². The number of hydrogen-bond donors (Lipinski definition) is 1. The van der Waals surface area contributed by atoms with Crippen LogP contribution in [0.4, 0.5) is 4.39 Å². The number of nitrogens with two attached hydrogens (primary N) is 1. The maximum absolute atomic E-state index is 13.0. The topological polar surface area (TPSA) is 35.2 Å². The molecule has 4 heteroatoms. The minimum atomic E-state index is -0.345. The van der Waals surface area contributed by atoms with Crippen LogP contribution in [0.15, 0.2) is 42.5 Å². The highest BCUT2D eigenvalue weighted by atomic mass is 35.5. The van der Waals surface area contributed by atoms with E-state index in [9.17, 15) is 4.39 Å². The van der Waals surface area contributed by atoms with Gasteiger partial charge in [-0.15, -0.1) is 0 Å². The zero-order chi connectivity index (χ0) is 14.5. The van der Waals surface area contributed by atoms with Crippen LogP contribution in [0.5, 0.6) is 5.75 Å². The van der Waals surface area contributed by atoms with Gasteiger partial charge >= 0.3 is 0 Å². The standard InChI is InChI=1S/C16H17ClFNO/c1-2-20-16-6-4-3-5-13(16)15(19)9-11-7-8-12(18)10-14(11)17/h3-8,10,15H,2,9,19H2,1H3. The molecule has 2 N–H and O–H groups in total. The highest BCUT2D eigenvalue weighted by Crippen LogP contribution is 2.28. The van der Waals surface area contributed by atoms with E-state index in [0.717, 1.165) is 16.9 Å². The number of benzene rings is 2. The first-order valence-electron chi connectivity index (χ1n) is 6.53. The van der Waals surface area contributed by atoms with Gasteiger partial charge in [-0.25, -0.2) is 4.39 Å². The van der Waals surface area contributed by atoms with Gasteiger partial charge in [0.2, 0.25) is 0 Å². The first kappa shape index (κ1) is 14.8. The molecule has 106 valence electrons. The molecule has 0 radical (unpaired) electrons. The minimum Gasteiger partial charge on any atom is -0.494 e. The monoisotopic (exact) mass is 293 g/mol. The molecule has 0 spiro atoms. The van der Waals surface area contributed by atoms with E-state index < -0.39 is 0 Å². The summed E-state index contributed by atoms with van der Waals surface area (Å²) >= 11 is 6.04. The molecular weight excluding hydrogens is 277 g/mol. The molecule has 20 heavy (non-hydrogen) atoms. The summed E-state index contributed by atoms with van der Waals surface area (Å²) in [6, 6.07) is 11.8. The molecule has 0 aliphatic carbocycles. The van der Waals surface area contributed by atoms with Gasteiger partial charge in [-0.05, 0) is 37.1 Å². The lowest BCUT2D eigenvalue weighted by Gasteiger charge is -2.17. The van der Waals surface area contributed by atoms with E-state index in [-0.39, 0.29) is 11.9 Å². The van der Waals surface area contributed by atoms with Gasteiger partial charge in [-0.1, -0.05) is 35.9 Å². The second-order valence-corrected chi connectivity index (χ2v) is 4.92. The number of ether oxygens (including phenoxy) is 1. The summed E-state index contributed by atoms with van der Waals surface area (Å²) in [5.74, 6) is 0.433. The van der Waals surface area contributed by atoms with Gasteiger partial charge in [-0.2, -0.15) is 0 Å². The van der Waals surface area contributed by atoms with Crippen molar-refractivity contribution in [3.63, 3.8) is 0 Å². The average molecular weight is 294 g/mol. The van der Waals surface area contributed by atoms with Crippen molar-refractivity contribution >= 4 is 11.6 Å². The molecule has 0 saturated carbocycles. The Kier molecular flexibility index (Phi) is 4.99. The first-order valence-corrected chi connectivity index (χ1v) is 6.91. The highest BCUT2D eigenvalue weighted by Gasteiger charge is 2.14. The first-order chi connectivity index (χ1) is 9.61. The minimum absolute atomic E-state index is 0.249. The summed E-state index contributed by atoms with van der Waals surface area (Å²) in [6.07, 6.45) is 0.531. The van der Waals surface area contributed by atoms with Crippen LogP contribution in [0.3, 0.4) is 0 Å². The second-order valence-electron chi connectivity index (χ2n) is 4.52. The predicted molar refractivity (Wildman–Crippen MR) is 79.7 cm³/mol. The maximum atomic E-state index is 13.0. The average Bonchev–Trinajstić information content (AvgIpc) is 2.43. The Hall–Kier alpha value is -1.58. The van der Waals surface area contributed by atoms with Crippen LogP contribution in [0.25, 0.3) is 0 Å². The third-order valence-corrected chi connectivity index (χ3v) is 3.43. The molecule has 0 heterocycles. The van der Waals surface area contributed by atoms with Crippen molar-refractivity contribution in [2.45, 2.75) is 19.4 Å². The van der Waals surface area contributed by atoms with E-state index in [1.54, 1.807) is 6.07 Å². The van der Waals surface area contributed by atoms with Crippen LogP contribution in [-0.4, -0.2) is 6.61 Å². The van der Waals surface area contributed by atoms with Crippen molar-refractivity contribution in [3.8, 4) is 5.75 Å². The molecule has 2 aromatic rings. The van der Waals surface area contributed by atoms with Crippen molar-refractivity contribution in [1.29, 1.82) is 0 Å². The summed E-state index contributed by atoms with van der Waals surface area (Å²) in [5, 5.41) is 0.398. The number of halogens is 2. The Morgan fingerprint density at radius 3 is 2.70 bits per heavy atom. The summed E-state index contributed by atoms with van der Waals surface area (Å²) in [7, 11) is 0. The molecule has 1 unspecified atom stereocenters. The maximum Gasteiger partial charge on any atom is 0.124 e. The summed E-state index contributed by atoms with van der Waals surface area (Å²) < 4.78 is 18.6. The lowest BCUT2D eigenvalue weighted by Crippen LogP contribution is -2.15. The predicted octanol–water partition coefficient (Wildman–Crippen LogP) is 4.12. The van der Waals surface area contributed by atoms with Crippen molar-refractivity contribution in [3.05, 3.63) is 64.4 Å². The van der Waals surface area contributed by atoms with Crippen LogP contribution in [0.2, 0.25) is 5.02 Å². The molecule has 0 aliphatic heterocycles. The summed E-state index contributed by atoms with van der Waals surface area (Å²) in [4.78, 5) is 0. The van der Waals surface area contributed by atoms with Gasteiger partial charge in [-0.3, -0.25) is 0 Å². The molecule has 1 atom stereocenters. The van der Waals surface area contributed by atoms with Crippen LogP contribution in [0.1, 0.15) is 24.1 Å². The van der Waals surface area contributed by atoms with Crippen molar-refractivity contribution in [1.82, 2.24) is 0 Å². The third kappa shape index (κ3) is 3.50. The highest BCUT2D eigenvalue weighted by molar-refractivity contribution is 6.31. The number of rotatable bonds is 5. The van der Waals surface area contributed by atoms with Gasteiger partial charge in [0.25, 0.3) is 0 Å². The summed E-state index contributed by atoms with van der Waals surface area (Å²) in [6.45, 7) is 2.51. The fraction of sp³-hybridized carbons (Fsp3) is 0.250. The number of hydrogen-bond acceptors (Lipinski definition) is 2. The van der Waals surface area contributed by atoms with Crippen molar-refractivity contribution in [2.75, 3.05) is 6.61 Å². The Balaban J connectivity index is 2.21. The summed E-state index contributed by atoms with van der Waals surface area (Å²) in [5.41, 5.74) is 7.98. The van der Waals surface area contributed by atoms with E-state index in [1.807, 2.05) is 31.2 Å². The molecular formula is C16H17ClFNO. The van der Waals surface area contributed by atoms with Gasteiger partial charge in [0.05, 0.1) is 6.61 Å². The molecule has 2 rings (SSSR count). The fourth-order valence-electron chi connectivity index (χ4n) is 2.11. The van der Waals surface area contributed by atoms with Gasteiger partial charge in [0.1, 0.15) is 11.6 Å². The van der Waals surface area contributed by atoms with E-state index >= 15 is 0 Å². The smallest absolute Gasteiger partial charge is 0.124 e. The zero-order valence-corrected chi connectivity index (χ0v) is 12.0. The molecule has 0 aliphatic rings. The van der Waals surface area contributed by atoms with Gasteiger partial charge < -0.3 is 10.5 Å². The van der Waals surface area contributed by atoms with E-state index in [2.05, 4.69) is 0 Å². The lowest BCUT2D eigenvalue weighted by molar-refractivity contribution is 0.334. The van der Waals surface area contributed by atoms with Crippen LogP contribution < -0.4 is 10.5 Å². The largest absolute Gasteiger partial charge is 0.494 e. The quantitative estimate of drug-likeness (QED) is 0.900. The normalized spacial score (nSPS) is 12.2. The number of para-hydroxylation sites is 1. The van der Waals surface area contributed by atoms with E-state index in [4.69, 9.17) is 22.1 Å².